The summed E-state index contributed by atoms with van der Waals surface area (Å²) in [5, 5.41) is 0. The highest BCUT2D eigenvalue weighted by molar-refractivity contribution is 5.39. The Morgan fingerprint density at radius 1 is 0.800 bits per heavy atom. The third-order valence-corrected chi connectivity index (χ3v) is 2.64. The molecule has 0 aromatic carbocycles. The minimum Gasteiger partial charge on any atom is -0.383 e. The number of hydrogen-bond donors (Lipinski definition) is 2. The highest BCUT2D eigenvalue weighted by Crippen LogP contribution is 2.32. The van der Waals surface area contributed by atoms with E-state index in [4.69, 9.17) is 11.5 Å². The van der Waals surface area contributed by atoms with Crippen LogP contribution in [0.3, 0.4) is 0 Å². The molecule has 0 bridgehead atoms. The van der Waals surface area contributed by atoms with Gasteiger partial charge in [-0.1, -0.05) is 0 Å². The third-order valence-electron chi connectivity index (χ3n) is 2.64. The second-order valence-corrected chi connectivity index (χ2v) is 4.37. The van der Waals surface area contributed by atoms with Gasteiger partial charge in [-0.15, -0.1) is 9.46 Å². The van der Waals surface area contributed by atoms with Gasteiger partial charge < -0.3 is 11.5 Å². The van der Waals surface area contributed by atoms with E-state index in [0.29, 0.717) is 0 Å². The molecule has 4 N–H and O–H groups in total. The normalized spacial score (nSPS) is 12.2. The minimum atomic E-state index is -5.04. The van der Waals surface area contributed by atoms with Crippen LogP contribution in [0.4, 0.5) is 38.0 Å². The van der Waals surface area contributed by atoms with Crippen LogP contribution in [0, 0.1) is 0 Å². The van der Waals surface area contributed by atoms with Gasteiger partial charge in [-0.05, 0) is 0 Å². The zero-order valence-corrected chi connectivity index (χ0v) is 11.6. The van der Waals surface area contributed by atoms with E-state index in [1.54, 1.807) is 0 Å². The number of anilines is 2. The predicted octanol–water partition coefficient (Wildman–Crippen LogP) is -0.106. The Morgan fingerprint density at radius 3 is 1.40 bits per heavy atom. The Labute approximate surface area is 132 Å². The fraction of sp³-hybridized carbons (Fsp3) is 0.200. The summed E-state index contributed by atoms with van der Waals surface area (Å²) in [5.74, 6) is -2.37. The first-order chi connectivity index (χ1) is 11.3. The van der Waals surface area contributed by atoms with E-state index in [1.807, 2.05) is 0 Å². The van der Waals surface area contributed by atoms with Gasteiger partial charge in [0.25, 0.3) is 0 Å². The highest BCUT2D eigenvalue weighted by atomic mass is 19.4. The van der Waals surface area contributed by atoms with Gasteiger partial charge in [0.1, 0.15) is 22.8 Å². The van der Waals surface area contributed by atoms with Crippen LogP contribution in [-0.2, 0) is 12.4 Å². The number of aromatic nitrogens is 4. The molecule has 0 fully saturated rings. The smallest absolute Gasteiger partial charge is 0.383 e. The third kappa shape index (κ3) is 3.64. The zero-order valence-electron chi connectivity index (χ0n) is 11.6. The molecule has 25 heavy (non-hydrogen) atoms. The molecule has 0 amide bonds. The van der Waals surface area contributed by atoms with Crippen molar-refractivity contribution in [2.24, 2.45) is 0 Å². The van der Waals surface area contributed by atoms with Crippen LogP contribution in [0.15, 0.2) is 22.0 Å². The summed E-state index contributed by atoms with van der Waals surface area (Å²) in [6, 6.07) is 0. The zero-order chi connectivity index (χ0) is 19.2. The lowest BCUT2D eigenvalue weighted by molar-refractivity contribution is -0.139. The predicted molar refractivity (Wildman–Crippen MR) is 67.8 cm³/mol. The number of alkyl halides is 6. The monoisotopic (exact) mass is 372 g/mol. The van der Waals surface area contributed by atoms with Gasteiger partial charge in [0.2, 0.25) is 0 Å². The van der Waals surface area contributed by atoms with Gasteiger partial charge in [0.15, 0.2) is 0 Å². The van der Waals surface area contributed by atoms with Gasteiger partial charge in [0, 0.05) is 0 Å². The van der Waals surface area contributed by atoms with Crippen LogP contribution >= 0.6 is 0 Å². The molecule has 0 saturated heterocycles. The molecule has 2 heterocycles. The van der Waals surface area contributed by atoms with Crippen LogP contribution < -0.4 is 27.8 Å². The quantitative estimate of drug-likeness (QED) is 0.704. The molecule has 0 unspecified atom stereocenters. The number of halogens is 6. The summed E-state index contributed by atoms with van der Waals surface area (Å²) < 4.78 is 75.8. The van der Waals surface area contributed by atoms with Gasteiger partial charge in [-0.2, -0.15) is 36.3 Å². The van der Waals surface area contributed by atoms with Crippen molar-refractivity contribution < 1.29 is 31.3 Å². The summed E-state index contributed by atoms with van der Waals surface area (Å²) in [4.78, 5) is 33.0. The van der Waals surface area contributed by atoms with Gasteiger partial charge >= 0.3 is 23.7 Å². The molecule has 15 heteroatoms. The number of nitrogens with zero attached hydrogens (tertiary/aromatic N) is 4. The molecule has 0 saturated carbocycles. The fourth-order valence-corrected chi connectivity index (χ4v) is 1.55. The molecule has 136 valence electrons. The molecule has 0 spiro atoms. The molecule has 0 aliphatic heterocycles. The van der Waals surface area contributed by atoms with Crippen LogP contribution in [0.25, 0.3) is 0 Å². The van der Waals surface area contributed by atoms with Crippen molar-refractivity contribution in [1.82, 2.24) is 19.4 Å². The molecule has 2 rings (SSSR count). The van der Waals surface area contributed by atoms with Crippen molar-refractivity contribution in [2.75, 3.05) is 11.5 Å². The van der Waals surface area contributed by atoms with E-state index < -0.39 is 46.5 Å². The second kappa shape index (κ2) is 5.67. The van der Waals surface area contributed by atoms with Crippen molar-refractivity contribution in [3.8, 4) is 0 Å². The molecular formula is C10H6F6N6O3. The van der Waals surface area contributed by atoms with E-state index >= 15 is 0 Å². The highest BCUT2D eigenvalue weighted by Gasteiger charge is 2.36. The van der Waals surface area contributed by atoms with E-state index in [9.17, 15) is 35.9 Å². The first-order valence-electron chi connectivity index (χ1n) is 5.92. The van der Waals surface area contributed by atoms with Crippen molar-refractivity contribution in [3.05, 3.63) is 44.5 Å². The van der Waals surface area contributed by atoms with Crippen molar-refractivity contribution in [1.29, 1.82) is 0 Å². The Balaban J connectivity index is 2.58. The molecule has 9 nitrogen and oxygen atoms in total. The number of hydrogen-bond acceptors (Lipinski definition) is 7. The Bertz CT molecular complexity index is 855. The van der Waals surface area contributed by atoms with Crippen LogP contribution in [0.5, 0.6) is 0 Å². The SMILES string of the molecule is Nc1nc(=O)n(On2cc(C(F)(F)F)c(N)nc2=O)cc1C(F)(F)F. The summed E-state index contributed by atoms with van der Waals surface area (Å²) in [5.41, 5.74) is 3.64. The minimum absolute atomic E-state index is 0.0146. The molecule has 2 aromatic heterocycles. The van der Waals surface area contributed by atoms with Gasteiger partial charge in [-0.25, -0.2) is 9.59 Å². The number of nitrogen functional groups attached to an aromatic ring is 2. The standard InChI is InChI=1S/C10H6F6N6O3/c11-9(12,13)3-1-21(7(23)19-5(3)17)25-22-2-4(10(14,15)16)6(18)20-8(22)24/h1-2H,(H2,17,19,23)(H2,18,20,24). The average Bonchev–Trinajstić information content (AvgIpc) is 2.41. The first kappa shape index (κ1) is 18.1. The van der Waals surface area contributed by atoms with Crippen LogP contribution in [0.1, 0.15) is 11.1 Å². The maximum absolute atomic E-state index is 12.7. The Morgan fingerprint density at radius 2 is 1.12 bits per heavy atom. The molecule has 0 radical (unpaired) electrons. The van der Waals surface area contributed by atoms with Crippen LogP contribution in [-0.4, -0.2) is 19.4 Å². The largest absolute Gasteiger partial charge is 0.421 e. The summed E-state index contributed by atoms with van der Waals surface area (Å²) in [7, 11) is 0. The van der Waals surface area contributed by atoms with E-state index in [-0.39, 0.29) is 21.9 Å². The van der Waals surface area contributed by atoms with Gasteiger partial charge in [-0.3, -0.25) is 4.94 Å². The maximum atomic E-state index is 12.7. The number of rotatable bonds is 2. The molecule has 0 aliphatic carbocycles. The van der Waals surface area contributed by atoms with E-state index in [1.165, 1.54) is 0 Å². The Hall–Kier alpha value is -3.26. The topological polar surface area (TPSA) is 131 Å². The lowest BCUT2D eigenvalue weighted by Gasteiger charge is -2.14. The second-order valence-electron chi connectivity index (χ2n) is 4.37. The molecule has 2 aromatic rings. The fourth-order valence-electron chi connectivity index (χ4n) is 1.55. The molecular weight excluding hydrogens is 366 g/mol. The molecule has 0 aliphatic rings. The van der Waals surface area contributed by atoms with Crippen molar-refractivity contribution in [2.45, 2.75) is 12.4 Å². The molecule has 0 atom stereocenters. The summed E-state index contributed by atoms with van der Waals surface area (Å²) in [6.45, 7) is 0. The Kier molecular flexibility index (Phi) is 4.10. The number of nitrogens with two attached hydrogens (primary N) is 2. The van der Waals surface area contributed by atoms with E-state index in [2.05, 4.69) is 14.9 Å². The summed E-state index contributed by atoms with van der Waals surface area (Å²) in [6.07, 6.45) is -10.1. The lowest BCUT2D eigenvalue weighted by Crippen LogP contribution is -2.39. The van der Waals surface area contributed by atoms with Gasteiger partial charge in [0.05, 0.1) is 12.4 Å². The maximum Gasteiger partial charge on any atom is 0.421 e. The lowest BCUT2D eigenvalue weighted by atomic mass is 10.3. The van der Waals surface area contributed by atoms with Crippen LogP contribution in [0.2, 0.25) is 0 Å². The summed E-state index contributed by atoms with van der Waals surface area (Å²) >= 11 is 0. The van der Waals surface area contributed by atoms with E-state index in [0.717, 1.165) is 0 Å². The average molecular weight is 372 g/mol. The van der Waals surface area contributed by atoms with Crippen molar-refractivity contribution in [3.63, 3.8) is 0 Å². The van der Waals surface area contributed by atoms with Crippen molar-refractivity contribution >= 4 is 11.6 Å². The first-order valence-corrected chi connectivity index (χ1v) is 5.92.